The molecule has 0 N–H and O–H groups in total. The Hall–Kier alpha value is -1.11. The van der Waals surface area contributed by atoms with Crippen LogP contribution in [-0.2, 0) is 17.6 Å². The van der Waals surface area contributed by atoms with E-state index in [1.54, 1.807) is 0 Å². The van der Waals surface area contributed by atoms with E-state index in [1.165, 1.54) is 11.1 Å². The highest BCUT2D eigenvalue weighted by atomic mass is 16.1. The molecule has 11 heavy (non-hydrogen) atoms. The molecule has 1 aliphatic carbocycles. The molecule has 0 heterocycles. The maximum Gasteiger partial charge on any atom is 0.123 e. The van der Waals surface area contributed by atoms with E-state index in [9.17, 15) is 4.79 Å². The van der Waals surface area contributed by atoms with Crippen molar-refractivity contribution in [1.82, 2.24) is 0 Å². The van der Waals surface area contributed by atoms with Crippen molar-refractivity contribution in [2.75, 3.05) is 0 Å². The number of fused-ring (bicyclic) bond motifs is 1. The molecule has 0 fully saturated rings. The lowest BCUT2D eigenvalue weighted by molar-refractivity contribution is -0.110. The number of benzene rings is 1. The van der Waals surface area contributed by atoms with Crippen molar-refractivity contribution >= 4 is 6.29 Å². The zero-order valence-corrected chi connectivity index (χ0v) is 6.29. The summed E-state index contributed by atoms with van der Waals surface area (Å²) >= 11 is 0. The lowest BCUT2D eigenvalue weighted by Crippen LogP contribution is -1.99. The van der Waals surface area contributed by atoms with Crippen molar-refractivity contribution in [2.45, 2.75) is 12.8 Å². The molecule has 0 atom stereocenters. The summed E-state index contributed by atoms with van der Waals surface area (Å²) in [5.41, 5.74) is 2.70. The first-order valence-corrected chi connectivity index (χ1v) is 3.92. The lowest BCUT2D eigenvalue weighted by Gasteiger charge is -1.92. The molecule has 2 rings (SSSR count). The first-order valence-electron chi connectivity index (χ1n) is 3.92. The van der Waals surface area contributed by atoms with E-state index in [4.69, 9.17) is 0 Å². The van der Waals surface area contributed by atoms with Gasteiger partial charge in [-0.05, 0) is 24.0 Å². The van der Waals surface area contributed by atoms with Gasteiger partial charge in [-0.1, -0.05) is 24.3 Å². The molecule has 0 aromatic heterocycles. The van der Waals surface area contributed by atoms with Gasteiger partial charge in [-0.25, -0.2) is 0 Å². The largest absolute Gasteiger partial charge is 0.303 e. The maximum absolute atomic E-state index is 10.5. The Kier molecular flexibility index (Phi) is 1.50. The number of hydrogen-bond donors (Lipinski definition) is 0. The molecule has 0 spiro atoms. The summed E-state index contributed by atoms with van der Waals surface area (Å²) in [7, 11) is 0. The van der Waals surface area contributed by atoms with Crippen LogP contribution >= 0.6 is 0 Å². The molecular formula is C10H10O. The van der Waals surface area contributed by atoms with Gasteiger partial charge in [-0.2, -0.15) is 0 Å². The van der Waals surface area contributed by atoms with Gasteiger partial charge in [0.15, 0.2) is 0 Å². The smallest absolute Gasteiger partial charge is 0.123 e. The lowest BCUT2D eigenvalue weighted by atomic mass is 10.1. The summed E-state index contributed by atoms with van der Waals surface area (Å²) < 4.78 is 0. The molecule has 0 unspecified atom stereocenters. The fraction of sp³-hybridized carbons (Fsp3) is 0.300. The van der Waals surface area contributed by atoms with Crippen LogP contribution in [0.25, 0.3) is 0 Å². The van der Waals surface area contributed by atoms with Gasteiger partial charge in [-0.15, -0.1) is 0 Å². The molecule has 1 aromatic carbocycles. The maximum atomic E-state index is 10.5. The molecule has 56 valence electrons. The highest BCUT2D eigenvalue weighted by molar-refractivity contribution is 5.58. The van der Waals surface area contributed by atoms with Gasteiger partial charge in [-0.3, -0.25) is 0 Å². The highest BCUT2D eigenvalue weighted by Gasteiger charge is 2.19. The van der Waals surface area contributed by atoms with Crippen LogP contribution in [0.1, 0.15) is 11.1 Å². The zero-order chi connectivity index (χ0) is 7.68. The third-order valence-corrected chi connectivity index (χ3v) is 2.28. The van der Waals surface area contributed by atoms with Crippen LogP contribution in [0.5, 0.6) is 0 Å². The number of rotatable bonds is 1. The van der Waals surface area contributed by atoms with E-state index in [0.29, 0.717) is 0 Å². The summed E-state index contributed by atoms with van der Waals surface area (Å²) in [5, 5.41) is 0. The van der Waals surface area contributed by atoms with Gasteiger partial charge >= 0.3 is 0 Å². The minimum absolute atomic E-state index is 0.243. The molecule has 0 amide bonds. The van der Waals surface area contributed by atoms with Crippen LogP contribution in [0.3, 0.4) is 0 Å². The second kappa shape index (κ2) is 2.50. The predicted molar refractivity (Wildman–Crippen MR) is 43.4 cm³/mol. The molecule has 1 aromatic rings. The normalized spacial score (nSPS) is 16.4. The Balaban J connectivity index is 2.33. The molecule has 0 saturated heterocycles. The number of hydrogen-bond acceptors (Lipinski definition) is 1. The SMILES string of the molecule is O=CC1Cc2ccccc2C1. The summed E-state index contributed by atoms with van der Waals surface area (Å²) in [6.45, 7) is 0. The van der Waals surface area contributed by atoms with Gasteiger partial charge in [0, 0.05) is 5.92 Å². The van der Waals surface area contributed by atoms with Crippen molar-refractivity contribution in [3.05, 3.63) is 35.4 Å². The number of carbonyl (C=O) groups excluding carboxylic acids is 1. The Morgan fingerprint density at radius 3 is 2.18 bits per heavy atom. The third-order valence-electron chi connectivity index (χ3n) is 2.28. The highest BCUT2D eigenvalue weighted by Crippen LogP contribution is 2.24. The predicted octanol–water partition coefficient (Wildman–Crippen LogP) is 1.60. The fourth-order valence-corrected chi connectivity index (χ4v) is 1.69. The Labute approximate surface area is 66.0 Å². The van der Waals surface area contributed by atoms with Gasteiger partial charge in [0.1, 0.15) is 6.29 Å². The summed E-state index contributed by atoms with van der Waals surface area (Å²) in [6, 6.07) is 8.29. The van der Waals surface area contributed by atoms with Crippen molar-refractivity contribution < 1.29 is 4.79 Å². The molecule has 0 aliphatic heterocycles. The number of aldehydes is 1. The molecule has 1 aliphatic rings. The van der Waals surface area contributed by atoms with Crippen LogP contribution < -0.4 is 0 Å². The van der Waals surface area contributed by atoms with Crippen molar-refractivity contribution in [1.29, 1.82) is 0 Å². The second-order valence-electron chi connectivity index (χ2n) is 3.07. The van der Waals surface area contributed by atoms with E-state index in [2.05, 4.69) is 12.1 Å². The summed E-state index contributed by atoms with van der Waals surface area (Å²) in [4.78, 5) is 10.5. The standard InChI is InChI=1S/C10H10O/c11-7-8-5-9-3-1-2-4-10(9)6-8/h1-4,7-8H,5-6H2. The van der Waals surface area contributed by atoms with Crippen LogP contribution in [0, 0.1) is 5.92 Å². The molecule has 0 saturated carbocycles. The molecule has 0 bridgehead atoms. The average molecular weight is 146 g/mol. The third kappa shape index (κ3) is 1.07. The van der Waals surface area contributed by atoms with Gasteiger partial charge in [0.05, 0.1) is 0 Å². The molecular weight excluding hydrogens is 136 g/mol. The van der Waals surface area contributed by atoms with Crippen LogP contribution in [0.2, 0.25) is 0 Å². The second-order valence-corrected chi connectivity index (χ2v) is 3.07. The van der Waals surface area contributed by atoms with Gasteiger partial charge < -0.3 is 4.79 Å². The topological polar surface area (TPSA) is 17.1 Å². The van der Waals surface area contributed by atoms with E-state index in [0.717, 1.165) is 19.1 Å². The van der Waals surface area contributed by atoms with E-state index >= 15 is 0 Å². The Bertz CT molecular complexity index is 253. The quantitative estimate of drug-likeness (QED) is 0.550. The first-order chi connectivity index (χ1) is 5.40. The molecule has 1 nitrogen and oxygen atoms in total. The van der Waals surface area contributed by atoms with E-state index in [1.807, 2.05) is 12.1 Å². The van der Waals surface area contributed by atoms with Gasteiger partial charge in [0.2, 0.25) is 0 Å². The minimum Gasteiger partial charge on any atom is -0.303 e. The van der Waals surface area contributed by atoms with Crippen molar-refractivity contribution in [3.8, 4) is 0 Å². The summed E-state index contributed by atoms with van der Waals surface area (Å²) in [5.74, 6) is 0.243. The number of carbonyl (C=O) groups is 1. The van der Waals surface area contributed by atoms with Crippen molar-refractivity contribution in [3.63, 3.8) is 0 Å². The fourth-order valence-electron chi connectivity index (χ4n) is 1.69. The molecule has 1 heteroatoms. The monoisotopic (exact) mass is 146 g/mol. The first kappa shape index (κ1) is 6.59. The average Bonchev–Trinajstić information content (AvgIpc) is 2.46. The summed E-state index contributed by atoms with van der Waals surface area (Å²) in [6.07, 6.45) is 2.96. The minimum atomic E-state index is 0.243. The van der Waals surface area contributed by atoms with Gasteiger partial charge in [0.25, 0.3) is 0 Å². The van der Waals surface area contributed by atoms with Crippen LogP contribution in [0.4, 0.5) is 0 Å². The van der Waals surface area contributed by atoms with Crippen LogP contribution in [0.15, 0.2) is 24.3 Å². The van der Waals surface area contributed by atoms with E-state index < -0.39 is 0 Å². The Morgan fingerprint density at radius 1 is 1.18 bits per heavy atom. The van der Waals surface area contributed by atoms with Crippen molar-refractivity contribution in [2.24, 2.45) is 5.92 Å². The zero-order valence-electron chi connectivity index (χ0n) is 6.29. The van der Waals surface area contributed by atoms with Crippen LogP contribution in [-0.4, -0.2) is 6.29 Å². The Morgan fingerprint density at radius 2 is 1.73 bits per heavy atom. The van der Waals surface area contributed by atoms with E-state index in [-0.39, 0.29) is 5.92 Å². The molecule has 0 radical (unpaired) electrons.